The highest BCUT2D eigenvalue weighted by atomic mass is 16.2. The summed E-state index contributed by atoms with van der Waals surface area (Å²) in [6.07, 6.45) is 0. The molecule has 1 heterocycles. The SMILES string of the molecule is O=C(c1ccccc1)c1ccc(-n2nn[nH]c2=O)cc1. The average molecular weight is 266 g/mol. The molecule has 0 fully saturated rings. The molecular formula is C14H10N4O2. The number of ketones is 1. The second-order valence-corrected chi connectivity index (χ2v) is 4.16. The monoisotopic (exact) mass is 266 g/mol. The number of tetrazole rings is 1. The van der Waals surface area contributed by atoms with Crippen LogP contribution in [0, 0.1) is 0 Å². The van der Waals surface area contributed by atoms with E-state index in [0.29, 0.717) is 16.8 Å². The number of carbonyl (C=O) groups is 1. The minimum atomic E-state index is -0.424. The van der Waals surface area contributed by atoms with Gasteiger partial charge < -0.3 is 0 Å². The first-order chi connectivity index (χ1) is 9.75. The molecular weight excluding hydrogens is 256 g/mol. The smallest absolute Gasteiger partial charge is 0.289 e. The highest BCUT2D eigenvalue weighted by Gasteiger charge is 2.09. The van der Waals surface area contributed by atoms with E-state index in [-0.39, 0.29) is 5.78 Å². The van der Waals surface area contributed by atoms with Crippen LogP contribution in [0.2, 0.25) is 0 Å². The van der Waals surface area contributed by atoms with E-state index in [9.17, 15) is 9.59 Å². The van der Waals surface area contributed by atoms with Gasteiger partial charge in [0.1, 0.15) is 0 Å². The molecule has 98 valence electrons. The molecule has 0 unspecified atom stereocenters. The molecule has 0 amide bonds. The molecule has 6 heteroatoms. The Hall–Kier alpha value is -3.02. The van der Waals surface area contributed by atoms with Gasteiger partial charge in [-0.05, 0) is 34.7 Å². The minimum Gasteiger partial charge on any atom is -0.289 e. The first-order valence-corrected chi connectivity index (χ1v) is 5.96. The molecule has 2 aromatic carbocycles. The second-order valence-electron chi connectivity index (χ2n) is 4.16. The quantitative estimate of drug-likeness (QED) is 0.722. The van der Waals surface area contributed by atoms with Crippen molar-refractivity contribution in [2.75, 3.05) is 0 Å². The molecule has 6 nitrogen and oxygen atoms in total. The van der Waals surface area contributed by atoms with Gasteiger partial charge in [0.15, 0.2) is 5.78 Å². The Morgan fingerprint density at radius 3 is 2.20 bits per heavy atom. The Morgan fingerprint density at radius 2 is 1.60 bits per heavy atom. The Labute approximate surface area is 113 Å². The summed E-state index contributed by atoms with van der Waals surface area (Å²) < 4.78 is 1.12. The lowest BCUT2D eigenvalue weighted by atomic mass is 10.0. The van der Waals surface area contributed by atoms with E-state index in [1.165, 1.54) is 0 Å². The van der Waals surface area contributed by atoms with Crippen LogP contribution >= 0.6 is 0 Å². The molecule has 0 bridgehead atoms. The van der Waals surface area contributed by atoms with Gasteiger partial charge in [0, 0.05) is 11.1 Å². The fourth-order valence-corrected chi connectivity index (χ4v) is 1.88. The van der Waals surface area contributed by atoms with Crippen molar-refractivity contribution in [2.45, 2.75) is 0 Å². The molecule has 3 rings (SSSR count). The molecule has 20 heavy (non-hydrogen) atoms. The summed E-state index contributed by atoms with van der Waals surface area (Å²) in [6, 6.07) is 15.6. The van der Waals surface area contributed by atoms with Gasteiger partial charge in [-0.15, -0.1) is 0 Å². The Morgan fingerprint density at radius 1 is 0.950 bits per heavy atom. The number of nitrogens with zero attached hydrogens (tertiary/aromatic N) is 3. The second kappa shape index (κ2) is 4.93. The van der Waals surface area contributed by atoms with Crippen LogP contribution in [-0.4, -0.2) is 26.0 Å². The average Bonchev–Trinajstić information content (AvgIpc) is 2.94. The van der Waals surface area contributed by atoms with Crippen molar-refractivity contribution in [3.8, 4) is 5.69 Å². The van der Waals surface area contributed by atoms with E-state index in [2.05, 4.69) is 15.5 Å². The topological polar surface area (TPSA) is 80.6 Å². The van der Waals surface area contributed by atoms with Gasteiger partial charge in [-0.2, -0.15) is 4.68 Å². The third-order valence-electron chi connectivity index (χ3n) is 2.88. The maximum absolute atomic E-state index is 12.2. The van der Waals surface area contributed by atoms with Crippen LogP contribution in [-0.2, 0) is 0 Å². The molecule has 3 aromatic rings. The summed E-state index contributed by atoms with van der Waals surface area (Å²) in [5.74, 6) is -0.0651. The van der Waals surface area contributed by atoms with E-state index < -0.39 is 5.69 Å². The zero-order valence-corrected chi connectivity index (χ0v) is 10.4. The zero-order valence-electron chi connectivity index (χ0n) is 10.4. The van der Waals surface area contributed by atoms with Crippen LogP contribution in [0.3, 0.4) is 0 Å². The third kappa shape index (κ3) is 2.14. The summed E-state index contributed by atoms with van der Waals surface area (Å²) >= 11 is 0. The molecule has 0 saturated heterocycles. The number of carbonyl (C=O) groups excluding carboxylic acids is 1. The molecule has 1 aromatic heterocycles. The Bertz CT molecular complexity index is 788. The number of rotatable bonds is 3. The van der Waals surface area contributed by atoms with E-state index in [4.69, 9.17) is 0 Å². The van der Waals surface area contributed by atoms with Gasteiger partial charge in [-0.25, -0.2) is 9.89 Å². The first kappa shape index (κ1) is 12.0. The fraction of sp³-hybridized carbons (Fsp3) is 0. The fourth-order valence-electron chi connectivity index (χ4n) is 1.88. The summed E-state index contributed by atoms with van der Waals surface area (Å²) in [5.41, 5.74) is 1.30. The lowest BCUT2D eigenvalue weighted by Crippen LogP contribution is -2.16. The van der Waals surface area contributed by atoms with Crippen LogP contribution in [0.1, 0.15) is 15.9 Å². The van der Waals surface area contributed by atoms with Crippen molar-refractivity contribution < 1.29 is 4.79 Å². The number of nitrogens with one attached hydrogen (secondary N) is 1. The maximum atomic E-state index is 12.2. The van der Waals surface area contributed by atoms with Gasteiger partial charge in [0.2, 0.25) is 0 Å². The van der Waals surface area contributed by atoms with Crippen molar-refractivity contribution in [1.82, 2.24) is 20.2 Å². The Balaban J connectivity index is 1.93. The highest BCUT2D eigenvalue weighted by Crippen LogP contribution is 2.12. The lowest BCUT2D eigenvalue weighted by Gasteiger charge is -2.02. The molecule has 0 atom stereocenters. The number of H-pyrrole nitrogens is 1. The summed E-state index contributed by atoms with van der Waals surface area (Å²) in [4.78, 5) is 23.6. The van der Waals surface area contributed by atoms with Crippen molar-refractivity contribution >= 4 is 5.78 Å². The molecule has 0 aliphatic rings. The predicted molar refractivity (Wildman–Crippen MR) is 71.9 cm³/mol. The van der Waals surface area contributed by atoms with Gasteiger partial charge in [-0.1, -0.05) is 30.3 Å². The molecule has 0 aliphatic heterocycles. The summed E-state index contributed by atoms with van der Waals surface area (Å²) in [7, 11) is 0. The molecule has 0 spiro atoms. The van der Waals surface area contributed by atoms with E-state index in [1.807, 2.05) is 18.2 Å². The lowest BCUT2D eigenvalue weighted by molar-refractivity contribution is 0.103. The summed E-state index contributed by atoms with van der Waals surface area (Å²) in [6.45, 7) is 0. The maximum Gasteiger partial charge on any atom is 0.365 e. The number of hydrogen-bond acceptors (Lipinski definition) is 4. The van der Waals surface area contributed by atoms with Crippen molar-refractivity contribution in [2.24, 2.45) is 0 Å². The minimum absolute atomic E-state index is 0.0651. The predicted octanol–water partition coefficient (Wildman–Crippen LogP) is 1.19. The molecule has 0 saturated carbocycles. The van der Waals surface area contributed by atoms with Gasteiger partial charge in [0.05, 0.1) is 5.69 Å². The van der Waals surface area contributed by atoms with Crippen molar-refractivity contribution in [3.63, 3.8) is 0 Å². The summed E-state index contributed by atoms with van der Waals surface area (Å²) in [5, 5.41) is 9.25. The van der Waals surface area contributed by atoms with Crippen molar-refractivity contribution in [3.05, 3.63) is 76.2 Å². The largest absolute Gasteiger partial charge is 0.365 e. The zero-order chi connectivity index (χ0) is 13.9. The first-order valence-electron chi connectivity index (χ1n) is 5.96. The van der Waals surface area contributed by atoms with Gasteiger partial charge in [0.25, 0.3) is 0 Å². The number of benzene rings is 2. The molecule has 0 aliphatic carbocycles. The normalized spacial score (nSPS) is 10.4. The van der Waals surface area contributed by atoms with E-state index >= 15 is 0 Å². The van der Waals surface area contributed by atoms with E-state index in [0.717, 1.165) is 4.68 Å². The molecule has 1 N–H and O–H groups in total. The molecule has 0 radical (unpaired) electrons. The highest BCUT2D eigenvalue weighted by molar-refractivity contribution is 6.09. The standard InChI is InChI=1S/C14H10N4O2/c19-13(10-4-2-1-3-5-10)11-6-8-12(9-7-11)18-14(20)15-16-17-18/h1-9H,(H,15,17,20). The Kier molecular flexibility index (Phi) is 2.96. The van der Waals surface area contributed by atoms with Crippen LogP contribution in [0.5, 0.6) is 0 Å². The van der Waals surface area contributed by atoms with Crippen LogP contribution in [0.4, 0.5) is 0 Å². The number of hydrogen-bond donors (Lipinski definition) is 1. The van der Waals surface area contributed by atoms with Gasteiger partial charge >= 0.3 is 5.69 Å². The van der Waals surface area contributed by atoms with E-state index in [1.54, 1.807) is 36.4 Å². The van der Waals surface area contributed by atoms with Crippen molar-refractivity contribution in [1.29, 1.82) is 0 Å². The van der Waals surface area contributed by atoms with Crippen LogP contribution in [0.25, 0.3) is 5.69 Å². The van der Waals surface area contributed by atoms with Crippen LogP contribution in [0.15, 0.2) is 59.4 Å². The number of aromatic nitrogens is 4. The number of aromatic amines is 1. The third-order valence-corrected chi connectivity index (χ3v) is 2.88. The van der Waals surface area contributed by atoms with Crippen LogP contribution < -0.4 is 5.69 Å². The van der Waals surface area contributed by atoms with Gasteiger partial charge in [-0.3, -0.25) is 4.79 Å².